The molecule has 0 aliphatic carbocycles. The van der Waals surface area contributed by atoms with Crippen molar-refractivity contribution in [1.29, 1.82) is 0 Å². The number of aromatic nitrogens is 4. The molecule has 13 heteroatoms. The van der Waals surface area contributed by atoms with Crippen molar-refractivity contribution in [2.24, 2.45) is 17.6 Å². The average Bonchev–Trinajstić information content (AvgIpc) is 3.49. The zero-order valence-electron chi connectivity index (χ0n) is 20.9. The predicted octanol–water partition coefficient (Wildman–Crippen LogP) is -0.514. The number of carbonyl (C=O) groups excluding carboxylic acids is 3. The van der Waals surface area contributed by atoms with Crippen molar-refractivity contribution in [3.05, 3.63) is 36.4 Å². The van der Waals surface area contributed by atoms with Crippen LogP contribution in [0.4, 0.5) is 0 Å². The number of H-pyrrole nitrogens is 2. The number of carboxylic acid groups (broad SMARTS) is 1. The van der Waals surface area contributed by atoms with Gasteiger partial charge >= 0.3 is 5.97 Å². The van der Waals surface area contributed by atoms with Gasteiger partial charge in [-0.15, -0.1) is 0 Å². The summed E-state index contributed by atoms with van der Waals surface area (Å²) in [7, 11) is 0. The zero-order valence-corrected chi connectivity index (χ0v) is 20.9. The minimum absolute atomic E-state index is 0.0436. The van der Waals surface area contributed by atoms with Gasteiger partial charge in [0.25, 0.3) is 0 Å². The second-order valence-corrected chi connectivity index (χ2v) is 9.49. The van der Waals surface area contributed by atoms with Crippen molar-refractivity contribution < 1.29 is 24.3 Å². The van der Waals surface area contributed by atoms with Crippen molar-refractivity contribution in [1.82, 2.24) is 35.9 Å². The number of amides is 3. The summed E-state index contributed by atoms with van der Waals surface area (Å²) in [5.74, 6) is -3.28. The molecule has 0 aliphatic rings. The van der Waals surface area contributed by atoms with E-state index in [1.165, 1.54) is 18.9 Å². The third-order valence-corrected chi connectivity index (χ3v) is 5.51. The molecule has 2 aromatic heterocycles. The maximum Gasteiger partial charge on any atom is 0.326 e. The predicted molar refractivity (Wildman–Crippen MR) is 130 cm³/mol. The maximum absolute atomic E-state index is 13.2. The van der Waals surface area contributed by atoms with E-state index < -0.39 is 47.9 Å². The van der Waals surface area contributed by atoms with Crippen molar-refractivity contribution >= 4 is 23.7 Å². The average molecular weight is 505 g/mol. The van der Waals surface area contributed by atoms with Crippen molar-refractivity contribution in [2.45, 2.75) is 71.1 Å². The minimum atomic E-state index is -1.18. The van der Waals surface area contributed by atoms with Crippen LogP contribution >= 0.6 is 0 Å². The van der Waals surface area contributed by atoms with Gasteiger partial charge in [0.15, 0.2) is 0 Å². The molecular weight excluding hydrogens is 468 g/mol. The van der Waals surface area contributed by atoms with E-state index in [0.29, 0.717) is 17.8 Å². The highest BCUT2D eigenvalue weighted by atomic mass is 16.4. The highest BCUT2D eigenvalue weighted by Crippen LogP contribution is 2.09. The second kappa shape index (κ2) is 13.4. The zero-order chi connectivity index (χ0) is 26.8. The van der Waals surface area contributed by atoms with Crippen LogP contribution in [0, 0.1) is 11.8 Å². The van der Waals surface area contributed by atoms with Crippen LogP contribution in [0.2, 0.25) is 0 Å². The van der Waals surface area contributed by atoms with Gasteiger partial charge in [-0.05, 0) is 18.3 Å². The number of aromatic amines is 2. The number of nitrogens with one attached hydrogen (secondary N) is 5. The normalized spacial score (nSPS) is 14.6. The fourth-order valence-electron chi connectivity index (χ4n) is 3.57. The largest absolute Gasteiger partial charge is 0.480 e. The van der Waals surface area contributed by atoms with Crippen molar-refractivity contribution in [3.8, 4) is 0 Å². The number of imidazole rings is 2. The molecular formula is C23H36N8O5. The van der Waals surface area contributed by atoms with E-state index in [0.717, 1.165) is 0 Å². The molecule has 0 fully saturated rings. The summed E-state index contributed by atoms with van der Waals surface area (Å²) >= 11 is 0. The Labute approximate surface area is 209 Å². The van der Waals surface area contributed by atoms with Crippen LogP contribution in [0.1, 0.15) is 45.5 Å². The number of hydrogen-bond donors (Lipinski definition) is 7. The van der Waals surface area contributed by atoms with Gasteiger partial charge in [0.1, 0.15) is 18.1 Å². The van der Waals surface area contributed by atoms with Gasteiger partial charge in [0.05, 0.1) is 18.7 Å². The van der Waals surface area contributed by atoms with Crippen LogP contribution in [0.3, 0.4) is 0 Å². The van der Waals surface area contributed by atoms with Gasteiger partial charge in [-0.2, -0.15) is 0 Å². The Hall–Kier alpha value is -3.74. The smallest absolute Gasteiger partial charge is 0.326 e. The first kappa shape index (κ1) is 28.5. The molecule has 13 nitrogen and oxygen atoms in total. The highest BCUT2D eigenvalue weighted by molar-refractivity contribution is 5.94. The standard InChI is InChI=1S/C23H36N8O5/c1-12(2)5-17(29-20(32)16(24)6-14-8-25-10-27-14)21(33)30-18(7-15-9-26-11-28-15)22(34)31-19(13(3)4)23(35)36/h8-13,16-19H,5-7,24H2,1-4H3,(H,25,27)(H,26,28)(H,29,32)(H,30,33)(H,31,34)(H,35,36). The number of carboxylic acids is 1. The second-order valence-electron chi connectivity index (χ2n) is 9.49. The van der Waals surface area contributed by atoms with Crippen LogP contribution in [-0.2, 0) is 32.0 Å². The summed E-state index contributed by atoms with van der Waals surface area (Å²) < 4.78 is 0. The number of rotatable bonds is 14. The molecule has 198 valence electrons. The van der Waals surface area contributed by atoms with Gasteiger partial charge < -0.3 is 36.8 Å². The molecule has 0 saturated carbocycles. The molecule has 4 unspecified atom stereocenters. The number of nitrogens with two attached hydrogens (primary N) is 1. The molecule has 2 heterocycles. The number of carbonyl (C=O) groups is 4. The topological polar surface area (TPSA) is 208 Å². The molecule has 2 aromatic rings. The van der Waals surface area contributed by atoms with Crippen LogP contribution in [0.25, 0.3) is 0 Å². The SMILES string of the molecule is CC(C)CC(NC(=O)C(N)Cc1cnc[nH]1)C(=O)NC(Cc1cnc[nH]1)C(=O)NC(C(=O)O)C(C)C. The van der Waals surface area contributed by atoms with Gasteiger partial charge in [0.2, 0.25) is 17.7 Å². The number of aliphatic carboxylic acids is 1. The van der Waals surface area contributed by atoms with E-state index in [4.69, 9.17) is 5.73 Å². The third kappa shape index (κ3) is 8.80. The lowest BCUT2D eigenvalue weighted by molar-refractivity contribution is -0.143. The van der Waals surface area contributed by atoms with Crippen LogP contribution in [0.5, 0.6) is 0 Å². The summed E-state index contributed by atoms with van der Waals surface area (Å²) in [6.07, 6.45) is 6.53. The Morgan fingerprint density at radius 1 is 0.861 bits per heavy atom. The highest BCUT2D eigenvalue weighted by Gasteiger charge is 2.32. The molecule has 0 bridgehead atoms. The minimum Gasteiger partial charge on any atom is -0.480 e. The molecule has 0 spiro atoms. The molecule has 0 radical (unpaired) electrons. The molecule has 0 aromatic carbocycles. The van der Waals surface area contributed by atoms with Gasteiger partial charge in [-0.3, -0.25) is 14.4 Å². The Balaban J connectivity index is 2.16. The Morgan fingerprint density at radius 3 is 1.86 bits per heavy atom. The van der Waals surface area contributed by atoms with E-state index in [2.05, 4.69) is 35.9 Å². The van der Waals surface area contributed by atoms with Crippen LogP contribution < -0.4 is 21.7 Å². The van der Waals surface area contributed by atoms with Gasteiger partial charge in [-0.25, -0.2) is 14.8 Å². The quantitative estimate of drug-likeness (QED) is 0.178. The first-order valence-corrected chi connectivity index (χ1v) is 11.8. The molecule has 0 aliphatic heterocycles. The first-order valence-electron chi connectivity index (χ1n) is 11.8. The molecule has 8 N–H and O–H groups in total. The van der Waals surface area contributed by atoms with E-state index in [1.54, 1.807) is 20.0 Å². The summed E-state index contributed by atoms with van der Waals surface area (Å²) in [6, 6.07) is -4.11. The number of nitrogens with zero attached hydrogens (tertiary/aromatic N) is 2. The lowest BCUT2D eigenvalue weighted by atomic mass is 10.0. The fraction of sp³-hybridized carbons (Fsp3) is 0.565. The van der Waals surface area contributed by atoms with Crippen LogP contribution in [0.15, 0.2) is 25.0 Å². The fourth-order valence-corrected chi connectivity index (χ4v) is 3.57. The maximum atomic E-state index is 13.2. The summed E-state index contributed by atoms with van der Waals surface area (Å²) in [5.41, 5.74) is 7.26. The van der Waals surface area contributed by atoms with E-state index >= 15 is 0 Å². The monoisotopic (exact) mass is 504 g/mol. The molecule has 4 atom stereocenters. The molecule has 3 amide bonds. The van der Waals surface area contributed by atoms with Crippen LogP contribution in [-0.4, -0.2) is 72.9 Å². The Kier molecular flexibility index (Phi) is 10.6. The Bertz CT molecular complexity index is 990. The van der Waals surface area contributed by atoms with Gasteiger partial charge in [0, 0.05) is 36.6 Å². The van der Waals surface area contributed by atoms with Gasteiger partial charge in [-0.1, -0.05) is 27.7 Å². The summed E-state index contributed by atoms with van der Waals surface area (Å²) in [4.78, 5) is 64.2. The lowest BCUT2D eigenvalue weighted by Gasteiger charge is -2.26. The van der Waals surface area contributed by atoms with E-state index in [1.807, 2.05) is 13.8 Å². The molecule has 36 heavy (non-hydrogen) atoms. The van der Waals surface area contributed by atoms with E-state index in [9.17, 15) is 24.3 Å². The molecule has 0 saturated heterocycles. The lowest BCUT2D eigenvalue weighted by Crippen LogP contribution is -2.58. The molecule has 2 rings (SSSR count). The third-order valence-electron chi connectivity index (χ3n) is 5.51. The summed E-state index contributed by atoms with van der Waals surface area (Å²) in [6.45, 7) is 7.13. The van der Waals surface area contributed by atoms with Crippen molar-refractivity contribution in [3.63, 3.8) is 0 Å². The Morgan fingerprint density at radius 2 is 1.39 bits per heavy atom. The van der Waals surface area contributed by atoms with E-state index in [-0.39, 0.29) is 24.7 Å². The summed E-state index contributed by atoms with van der Waals surface area (Å²) in [5, 5.41) is 17.3. The first-order chi connectivity index (χ1) is 17.0. The van der Waals surface area contributed by atoms with Crippen molar-refractivity contribution in [2.75, 3.05) is 0 Å². The number of hydrogen-bond acceptors (Lipinski definition) is 7.